The van der Waals surface area contributed by atoms with Crippen molar-refractivity contribution in [3.8, 4) is 5.75 Å². The topological polar surface area (TPSA) is 49.9 Å². The minimum absolute atomic E-state index is 0.0104. The molecule has 5 nitrogen and oxygen atoms in total. The number of thiophene rings is 1. The molecule has 0 N–H and O–H groups in total. The molecule has 0 bridgehead atoms. The molecule has 1 fully saturated rings. The lowest BCUT2D eigenvalue weighted by Gasteiger charge is -2.37. The lowest BCUT2D eigenvalue weighted by molar-refractivity contribution is -0.145. The lowest BCUT2D eigenvalue weighted by atomic mass is 10.00. The van der Waals surface area contributed by atoms with Crippen molar-refractivity contribution < 1.29 is 14.3 Å². The standard InChI is InChI=1S/C27H35ClN2O3S/c1-3-19(2)16-29(27(32)20-6-4-5-7-20)17-26(31)30-14-12-25-23(13-15-34-25)24(30)18-33-22-10-8-21(28)9-11-22/h8-11,13,15,19-20,24H,3-7,12,14,16-18H2,1-2H3/t19-,24-/m0/s1. The Morgan fingerprint density at radius 3 is 2.65 bits per heavy atom. The Hall–Kier alpha value is -2.05. The van der Waals surface area contributed by atoms with Crippen molar-refractivity contribution in [3.05, 3.63) is 51.2 Å². The second-order valence-corrected chi connectivity index (χ2v) is 11.1. The van der Waals surface area contributed by atoms with Crippen LogP contribution in [0.1, 0.15) is 62.4 Å². The summed E-state index contributed by atoms with van der Waals surface area (Å²) in [5.41, 5.74) is 1.16. The maximum atomic E-state index is 13.7. The maximum Gasteiger partial charge on any atom is 0.242 e. The van der Waals surface area contributed by atoms with Gasteiger partial charge in [0.25, 0.3) is 0 Å². The Labute approximate surface area is 212 Å². The number of carbonyl (C=O) groups is 2. The van der Waals surface area contributed by atoms with Crippen LogP contribution in [-0.2, 0) is 16.0 Å². The van der Waals surface area contributed by atoms with Gasteiger partial charge >= 0.3 is 0 Å². The SMILES string of the molecule is CC[C@H](C)CN(CC(=O)N1CCc2sccc2[C@@H]1COc1ccc(Cl)cc1)C(=O)C1CCCC1. The Morgan fingerprint density at radius 1 is 1.21 bits per heavy atom. The zero-order valence-corrected chi connectivity index (χ0v) is 21.7. The predicted octanol–water partition coefficient (Wildman–Crippen LogP) is 5.97. The number of carbonyl (C=O) groups excluding carboxylic acids is 2. The summed E-state index contributed by atoms with van der Waals surface area (Å²) in [4.78, 5) is 32.1. The van der Waals surface area contributed by atoms with Crippen LogP contribution in [-0.4, -0.2) is 47.9 Å². The normalized spacial score (nSPS) is 19.0. The van der Waals surface area contributed by atoms with E-state index in [2.05, 4.69) is 25.3 Å². The van der Waals surface area contributed by atoms with E-state index >= 15 is 0 Å². The average molecular weight is 503 g/mol. The van der Waals surface area contributed by atoms with Crippen LogP contribution in [0.4, 0.5) is 0 Å². The third kappa shape index (κ3) is 5.95. The van der Waals surface area contributed by atoms with Gasteiger partial charge in [-0.05, 0) is 66.5 Å². The molecule has 34 heavy (non-hydrogen) atoms. The molecule has 2 atom stereocenters. The van der Waals surface area contributed by atoms with E-state index in [1.54, 1.807) is 23.5 Å². The molecule has 1 aliphatic heterocycles. The fourth-order valence-electron chi connectivity index (χ4n) is 5.00. The van der Waals surface area contributed by atoms with Crippen molar-refractivity contribution in [2.45, 2.75) is 58.4 Å². The molecule has 0 spiro atoms. The van der Waals surface area contributed by atoms with Crippen molar-refractivity contribution >= 4 is 34.8 Å². The van der Waals surface area contributed by atoms with E-state index in [-0.39, 0.29) is 30.3 Å². The minimum Gasteiger partial charge on any atom is -0.491 e. The highest BCUT2D eigenvalue weighted by Crippen LogP contribution is 2.34. The van der Waals surface area contributed by atoms with Crippen LogP contribution in [0.25, 0.3) is 0 Å². The van der Waals surface area contributed by atoms with Gasteiger partial charge in [-0.1, -0.05) is 44.7 Å². The predicted molar refractivity (Wildman–Crippen MR) is 137 cm³/mol. The van der Waals surface area contributed by atoms with Gasteiger partial charge in [0.05, 0.1) is 12.6 Å². The van der Waals surface area contributed by atoms with Gasteiger partial charge in [0.15, 0.2) is 0 Å². The van der Waals surface area contributed by atoms with E-state index in [9.17, 15) is 9.59 Å². The number of hydrogen-bond donors (Lipinski definition) is 0. The quantitative estimate of drug-likeness (QED) is 0.424. The number of rotatable bonds is 9. The van der Waals surface area contributed by atoms with Crippen LogP contribution in [0.15, 0.2) is 35.7 Å². The first-order valence-electron chi connectivity index (χ1n) is 12.5. The Balaban J connectivity index is 1.49. The zero-order chi connectivity index (χ0) is 24.1. The molecule has 184 valence electrons. The molecule has 1 aliphatic carbocycles. The van der Waals surface area contributed by atoms with E-state index in [0.717, 1.165) is 49.8 Å². The number of benzene rings is 1. The van der Waals surface area contributed by atoms with Crippen LogP contribution in [0, 0.1) is 11.8 Å². The van der Waals surface area contributed by atoms with E-state index in [1.807, 2.05) is 21.9 Å². The Morgan fingerprint density at radius 2 is 1.94 bits per heavy atom. The molecule has 4 rings (SSSR count). The van der Waals surface area contributed by atoms with E-state index < -0.39 is 0 Å². The smallest absolute Gasteiger partial charge is 0.242 e. The third-order valence-corrected chi connectivity index (χ3v) is 8.46. The van der Waals surface area contributed by atoms with Crippen molar-refractivity contribution in [2.75, 3.05) is 26.2 Å². The maximum absolute atomic E-state index is 13.7. The molecule has 1 aromatic carbocycles. The largest absolute Gasteiger partial charge is 0.491 e. The van der Waals surface area contributed by atoms with Crippen molar-refractivity contribution in [1.82, 2.24) is 9.80 Å². The molecular formula is C27H35ClN2O3S. The molecule has 0 unspecified atom stereocenters. The number of amides is 2. The molecule has 0 radical (unpaired) electrons. The van der Waals surface area contributed by atoms with Gasteiger partial charge in [-0.15, -0.1) is 11.3 Å². The van der Waals surface area contributed by atoms with Crippen molar-refractivity contribution in [1.29, 1.82) is 0 Å². The van der Waals surface area contributed by atoms with Crippen LogP contribution < -0.4 is 4.74 Å². The molecule has 0 saturated heterocycles. The molecule has 2 aromatic rings. The molecule has 1 aromatic heterocycles. The third-order valence-electron chi connectivity index (χ3n) is 7.21. The summed E-state index contributed by atoms with van der Waals surface area (Å²) in [5, 5.41) is 2.75. The molecule has 2 heterocycles. The minimum atomic E-state index is -0.162. The van der Waals surface area contributed by atoms with E-state index in [1.165, 1.54) is 4.88 Å². The average Bonchev–Trinajstić information content (AvgIpc) is 3.54. The van der Waals surface area contributed by atoms with Gasteiger partial charge in [0.1, 0.15) is 12.4 Å². The fraction of sp³-hybridized carbons (Fsp3) is 0.556. The molecular weight excluding hydrogens is 468 g/mol. The summed E-state index contributed by atoms with van der Waals surface area (Å²) >= 11 is 7.74. The van der Waals surface area contributed by atoms with Gasteiger partial charge < -0.3 is 14.5 Å². The van der Waals surface area contributed by atoms with Crippen molar-refractivity contribution in [3.63, 3.8) is 0 Å². The van der Waals surface area contributed by atoms with Gasteiger partial charge in [0.2, 0.25) is 11.8 Å². The van der Waals surface area contributed by atoms with Crippen LogP contribution in [0.3, 0.4) is 0 Å². The highest BCUT2D eigenvalue weighted by atomic mass is 35.5. The first-order chi connectivity index (χ1) is 16.5. The van der Waals surface area contributed by atoms with Crippen LogP contribution in [0.5, 0.6) is 5.75 Å². The number of fused-ring (bicyclic) bond motifs is 1. The molecule has 7 heteroatoms. The summed E-state index contributed by atoms with van der Waals surface area (Å²) in [6.07, 6.45) is 5.95. The van der Waals surface area contributed by atoms with Gasteiger partial charge in [-0.2, -0.15) is 0 Å². The van der Waals surface area contributed by atoms with Crippen molar-refractivity contribution in [2.24, 2.45) is 11.8 Å². The van der Waals surface area contributed by atoms with Crippen LogP contribution in [0.2, 0.25) is 5.02 Å². The highest BCUT2D eigenvalue weighted by Gasteiger charge is 2.35. The second kappa shape index (κ2) is 11.6. The summed E-state index contributed by atoms with van der Waals surface area (Å²) < 4.78 is 6.09. The monoisotopic (exact) mass is 502 g/mol. The van der Waals surface area contributed by atoms with Gasteiger partial charge in [-0.25, -0.2) is 0 Å². The van der Waals surface area contributed by atoms with Gasteiger partial charge in [-0.3, -0.25) is 9.59 Å². The van der Waals surface area contributed by atoms with Gasteiger partial charge in [0, 0.05) is 28.9 Å². The zero-order valence-electron chi connectivity index (χ0n) is 20.2. The van der Waals surface area contributed by atoms with E-state index in [0.29, 0.717) is 30.6 Å². The second-order valence-electron chi connectivity index (χ2n) is 9.63. The first kappa shape index (κ1) is 25.1. The first-order valence-corrected chi connectivity index (χ1v) is 13.7. The number of hydrogen-bond acceptors (Lipinski definition) is 4. The number of nitrogens with zero attached hydrogens (tertiary/aromatic N) is 2. The summed E-state index contributed by atoms with van der Waals surface area (Å²) in [6.45, 7) is 6.10. The molecule has 2 aliphatic rings. The lowest BCUT2D eigenvalue weighted by Crippen LogP contribution is -2.49. The fourth-order valence-corrected chi connectivity index (χ4v) is 6.06. The summed E-state index contributed by atoms with van der Waals surface area (Å²) in [5.74, 6) is 1.34. The Bertz CT molecular complexity index is 971. The highest BCUT2D eigenvalue weighted by molar-refractivity contribution is 7.10. The molecule has 1 saturated carbocycles. The summed E-state index contributed by atoms with van der Waals surface area (Å²) in [7, 11) is 0. The number of halogens is 1. The number of ether oxygens (including phenoxy) is 1. The Kier molecular flexibility index (Phi) is 8.54. The van der Waals surface area contributed by atoms with E-state index in [4.69, 9.17) is 16.3 Å². The summed E-state index contributed by atoms with van der Waals surface area (Å²) in [6, 6.07) is 9.25. The van der Waals surface area contributed by atoms with Crippen LogP contribution >= 0.6 is 22.9 Å². The molecule has 2 amide bonds.